The van der Waals surface area contributed by atoms with Crippen molar-refractivity contribution in [2.24, 2.45) is 5.73 Å². The van der Waals surface area contributed by atoms with Crippen LogP contribution in [0.5, 0.6) is 0 Å². The maximum atomic E-state index is 9.60. The zero-order chi connectivity index (χ0) is 10.1. The molecule has 0 saturated carbocycles. The number of primary amides is 1. The fraction of sp³-hybridized carbons (Fsp3) is 0.429. The van der Waals surface area contributed by atoms with Gasteiger partial charge in [0.15, 0.2) is 0 Å². The maximum absolute atomic E-state index is 9.60. The molecule has 0 fully saturated rings. The second kappa shape index (κ2) is 10.7. The normalized spacial score (nSPS) is 6.92. The molecule has 5 nitrogen and oxygen atoms in total. The predicted molar refractivity (Wildman–Crippen MR) is 55.0 cm³/mol. The van der Waals surface area contributed by atoms with Gasteiger partial charge < -0.3 is 15.6 Å². The lowest BCUT2D eigenvalue weighted by Gasteiger charge is -1.89. The first-order valence-corrected chi connectivity index (χ1v) is 3.22. The Hall–Kier alpha value is -1.30. The molecule has 78 valence electrons. The molecule has 1 amide bonds. The molecule has 0 saturated heterocycles. The number of ether oxygens (including phenoxy) is 1. The molecule has 0 rings (SSSR count). The highest BCUT2D eigenvalue weighted by Crippen LogP contribution is 1.81. The van der Waals surface area contributed by atoms with Gasteiger partial charge in [-0.2, -0.15) is 0 Å². The first-order chi connectivity index (χ1) is 5.41. The van der Waals surface area contributed by atoms with Gasteiger partial charge in [0.05, 0.1) is 6.61 Å². The number of amides is 1. The van der Waals surface area contributed by atoms with Crippen LogP contribution >= 0.6 is 0 Å². The molecule has 0 aromatic heterocycles. The summed E-state index contributed by atoms with van der Waals surface area (Å²) >= 11 is 0. The van der Waals surface area contributed by atoms with Gasteiger partial charge in [0.2, 0.25) is 0 Å². The van der Waals surface area contributed by atoms with E-state index in [-0.39, 0.29) is 16.5 Å². The minimum absolute atomic E-state index is 0. The number of carbonyl (C=O) groups excluding carboxylic acids is 1. The second-order valence-electron chi connectivity index (χ2n) is 1.84. The Morgan fingerprint density at radius 1 is 1.54 bits per heavy atom. The molecule has 0 aliphatic rings. The molecule has 0 aromatic carbocycles. The van der Waals surface area contributed by atoms with Crippen LogP contribution in [0, 0.1) is 0 Å². The topological polar surface area (TPSA) is 89.6 Å². The van der Waals surface area contributed by atoms with Crippen LogP contribution in [0.3, 0.4) is 0 Å². The van der Waals surface area contributed by atoms with Crippen LogP contribution in [0.4, 0.5) is 4.79 Å². The third kappa shape index (κ3) is 24.9. The van der Waals surface area contributed by atoms with Crippen molar-refractivity contribution in [3.8, 4) is 0 Å². The van der Waals surface area contributed by atoms with Crippen LogP contribution in [0.15, 0.2) is 12.2 Å². The van der Waals surface area contributed by atoms with Crippen LogP contribution < -0.4 is 5.73 Å². The zero-order valence-corrected chi connectivity index (χ0v) is 7.16. The minimum Gasteiger partial charge on any atom is -0.478 e. The summed E-state index contributed by atoms with van der Waals surface area (Å²) in [7, 11) is 0. The van der Waals surface area contributed by atoms with Gasteiger partial charge in [-0.15, -0.1) is 0 Å². The summed E-state index contributed by atoms with van der Waals surface area (Å²) in [6, 6.07) is 0. The maximum Gasteiger partial charge on any atom is 0.404 e. The molecule has 13 heavy (non-hydrogen) atoms. The van der Waals surface area contributed by atoms with Crippen molar-refractivity contribution in [2.75, 3.05) is 6.61 Å². The lowest BCUT2D eigenvalue weighted by molar-refractivity contribution is -0.132. The third-order valence-electron chi connectivity index (χ3n) is 0.652. The number of carbonyl (C=O) groups is 2. The highest BCUT2D eigenvalue weighted by atomic mass is 28.1. The molecular weight excluding hydrogens is 190 g/mol. The van der Waals surface area contributed by atoms with Crippen LogP contribution in [-0.4, -0.2) is 34.7 Å². The highest BCUT2D eigenvalue weighted by Gasteiger charge is 1.90. The van der Waals surface area contributed by atoms with Crippen LogP contribution in [0.25, 0.3) is 0 Å². The van der Waals surface area contributed by atoms with Crippen molar-refractivity contribution in [2.45, 2.75) is 13.8 Å². The smallest absolute Gasteiger partial charge is 0.404 e. The van der Waals surface area contributed by atoms with E-state index in [1.807, 2.05) is 0 Å². The van der Waals surface area contributed by atoms with Gasteiger partial charge in [0.1, 0.15) is 0 Å². The lowest BCUT2D eigenvalue weighted by Crippen LogP contribution is -2.11. The predicted octanol–water partition coefficient (Wildman–Crippen LogP) is -0.703. The summed E-state index contributed by atoms with van der Waals surface area (Å²) in [5.41, 5.74) is 4.72. The van der Waals surface area contributed by atoms with E-state index in [1.54, 1.807) is 6.92 Å². The van der Waals surface area contributed by atoms with Crippen molar-refractivity contribution < 1.29 is 19.4 Å². The van der Waals surface area contributed by atoms with E-state index >= 15 is 0 Å². The molecule has 0 heterocycles. The number of hydrogen-bond acceptors (Lipinski definition) is 3. The average Bonchev–Trinajstić information content (AvgIpc) is 1.87. The van der Waals surface area contributed by atoms with Gasteiger partial charge in [0, 0.05) is 5.57 Å². The number of aliphatic carboxylic acids is 1. The van der Waals surface area contributed by atoms with E-state index in [4.69, 9.17) is 5.11 Å². The first-order valence-electron chi connectivity index (χ1n) is 3.22. The van der Waals surface area contributed by atoms with Crippen molar-refractivity contribution in [1.29, 1.82) is 0 Å². The van der Waals surface area contributed by atoms with E-state index < -0.39 is 12.1 Å². The zero-order valence-electron chi connectivity index (χ0n) is 7.16. The van der Waals surface area contributed by atoms with E-state index in [1.165, 1.54) is 6.92 Å². The summed E-state index contributed by atoms with van der Waals surface area (Å²) in [4.78, 5) is 19.2. The van der Waals surface area contributed by atoms with Gasteiger partial charge in [-0.1, -0.05) is 6.58 Å². The van der Waals surface area contributed by atoms with Crippen LogP contribution in [0.1, 0.15) is 13.8 Å². The van der Waals surface area contributed by atoms with Gasteiger partial charge in [-0.3, -0.25) is 0 Å². The molecule has 0 aliphatic heterocycles. The Kier molecular flexibility index (Phi) is 14.6. The fourth-order valence-corrected chi connectivity index (χ4v) is 0.142. The second-order valence-corrected chi connectivity index (χ2v) is 1.84. The van der Waals surface area contributed by atoms with Gasteiger partial charge in [-0.05, 0) is 24.8 Å². The summed E-state index contributed by atoms with van der Waals surface area (Å²) in [5, 5.41) is 7.89. The third-order valence-corrected chi connectivity index (χ3v) is 0.652. The monoisotopic (exact) mass is 207 g/mol. The molecule has 0 unspecified atom stereocenters. The van der Waals surface area contributed by atoms with Gasteiger partial charge >= 0.3 is 12.1 Å². The number of nitrogens with two attached hydrogens (primary N) is 1. The Balaban J connectivity index is -0.000000143. The number of rotatable bonds is 2. The minimum atomic E-state index is -0.935. The summed E-state index contributed by atoms with van der Waals surface area (Å²) < 4.78 is 4.18. The van der Waals surface area contributed by atoms with Crippen LogP contribution in [0.2, 0.25) is 0 Å². The highest BCUT2D eigenvalue weighted by molar-refractivity contribution is 5.84. The van der Waals surface area contributed by atoms with Crippen molar-refractivity contribution in [3.05, 3.63) is 12.2 Å². The molecule has 3 N–H and O–H groups in total. The standard InChI is InChI=1S/C4H6O2.C3H7NO2.H4Si/c1-3(2)4(5)6;1-2-6-3(4)5;/h1H2,2H3,(H,5,6);2H2,1H3,(H2,4,5);1H4. The van der Waals surface area contributed by atoms with E-state index in [9.17, 15) is 9.59 Å². The van der Waals surface area contributed by atoms with Crippen molar-refractivity contribution in [1.82, 2.24) is 0 Å². The quantitative estimate of drug-likeness (QED) is 0.462. The molecule has 0 atom stereocenters. The lowest BCUT2D eigenvalue weighted by atomic mass is 10.4. The van der Waals surface area contributed by atoms with Gasteiger partial charge in [-0.25, -0.2) is 9.59 Å². The van der Waals surface area contributed by atoms with E-state index in [0.717, 1.165) is 0 Å². The Bertz CT molecular complexity index is 169. The van der Waals surface area contributed by atoms with Crippen molar-refractivity contribution in [3.63, 3.8) is 0 Å². The summed E-state index contributed by atoms with van der Waals surface area (Å²) in [6.07, 6.45) is -0.711. The first kappa shape index (κ1) is 17.7. The summed E-state index contributed by atoms with van der Waals surface area (Å²) in [5.74, 6) is -0.935. The molecule has 6 heteroatoms. The summed E-state index contributed by atoms with van der Waals surface area (Å²) in [6.45, 7) is 6.66. The fourth-order valence-electron chi connectivity index (χ4n) is 0.142. The number of carboxylic acids is 1. The molecule has 0 aliphatic carbocycles. The Morgan fingerprint density at radius 2 is 1.85 bits per heavy atom. The molecular formula is C7H17NO4Si. The SMILES string of the molecule is C=C(C)C(=O)O.CCOC(N)=O.[SiH4]. The molecule has 0 radical (unpaired) electrons. The Morgan fingerprint density at radius 3 is 1.85 bits per heavy atom. The molecule has 0 bridgehead atoms. The van der Waals surface area contributed by atoms with E-state index in [0.29, 0.717) is 6.61 Å². The van der Waals surface area contributed by atoms with Gasteiger partial charge in [0.25, 0.3) is 0 Å². The number of carboxylic acid groups (broad SMARTS) is 1. The number of hydrogen-bond donors (Lipinski definition) is 2. The Labute approximate surface area is 81.6 Å². The van der Waals surface area contributed by atoms with Crippen LogP contribution in [-0.2, 0) is 9.53 Å². The average molecular weight is 207 g/mol. The molecule has 0 aromatic rings. The largest absolute Gasteiger partial charge is 0.478 e. The van der Waals surface area contributed by atoms with Crippen molar-refractivity contribution >= 4 is 23.0 Å². The molecule has 0 spiro atoms. The van der Waals surface area contributed by atoms with E-state index in [2.05, 4.69) is 17.0 Å².